The van der Waals surface area contributed by atoms with E-state index in [0.29, 0.717) is 5.89 Å². The molecule has 0 bridgehead atoms. The van der Waals surface area contributed by atoms with Crippen molar-refractivity contribution >= 4 is 15.9 Å². The second-order valence-electron chi connectivity index (χ2n) is 2.97. The summed E-state index contributed by atoms with van der Waals surface area (Å²) in [6, 6.07) is 5.06. The van der Waals surface area contributed by atoms with E-state index >= 15 is 0 Å². The Hall–Kier alpha value is -1.29. The first-order chi connectivity index (χ1) is 6.65. The topological polar surface area (TPSA) is 46.3 Å². The van der Waals surface area contributed by atoms with Crippen LogP contribution < -0.4 is 0 Å². The van der Waals surface area contributed by atoms with E-state index in [-0.39, 0.29) is 5.75 Å². The van der Waals surface area contributed by atoms with Crippen LogP contribution in [0.4, 0.5) is 0 Å². The van der Waals surface area contributed by atoms with Gasteiger partial charge < -0.3 is 9.52 Å². The molecule has 0 aliphatic rings. The molecule has 0 saturated carbocycles. The molecular weight excluding hydrogens is 246 g/mol. The number of aromatic hydroxyl groups is 1. The lowest BCUT2D eigenvalue weighted by atomic mass is 10.2. The van der Waals surface area contributed by atoms with Gasteiger partial charge in [0.1, 0.15) is 11.5 Å². The maximum absolute atomic E-state index is 9.36. The Kier molecular flexibility index (Phi) is 2.29. The summed E-state index contributed by atoms with van der Waals surface area (Å²) in [7, 11) is 0. The van der Waals surface area contributed by atoms with Gasteiger partial charge in [0.25, 0.3) is 0 Å². The molecule has 2 rings (SSSR count). The van der Waals surface area contributed by atoms with E-state index in [0.717, 1.165) is 15.8 Å². The van der Waals surface area contributed by atoms with Crippen LogP contribution in [0, 0.1) is 6.92 Å². The Morgan fingerprint density at radius 2 is 2.14 bits per heavy atom. The predicted octanol–water partition coefficient (Wildman–Crippen LogP) is 3.12. The molecule has 0 amide bonds. The largest absolute Gasteiger partial charge is 0.508 e. The normalized spacial score (nSPS) is 10.4. The van der Waals surface area contributed by atoms with Gasteiger partial charge in [0.05, 0.1) is 6.20 Å². The number of aromatic nitrogens is 1. The van der Waals surface area contributed by atoms with Gasteiger partial charge in [-0.2, -0.15) is 0 Å². The van der Waals surface area contributed by atoms with Crippen LogP contribution in [0.1, 0.15) is 5.76 Å². The number of nitrogens with zero attached hydrogens (tertiary/aromatic N) is 1. The maximum atomic E-state index is 9.36. The summed E-state index contributed by atoms with van der Waals surface area (Å²) in [5.74, 6) is 1.45. The molecule has 1 heterocycles. The van der Waals surface area contributed by atoms with Crippen molar-refractivity contribution in [2.75, 3.05) is 0 Å². The van der Waals surface area contributed by atoms with Crippen LogP contribution in [0.15, 0.2) is 33.3 Å². The zero-order chi connectivity index (χ0) is 10.1. The number of halogens is 1. The number of phenolic OH excluding ortho intramolecular Hbond substituents is 1. The second kappa shape index (κ2) is 3.46. The first kappa shape index (κ1) is 9.27. The summed E-state index contributed by atoms with van der Waals surface area (Å²) in [6.07, 6.45) is 1.65. The van der Waals surface area contributed by atoms with Crippen LogP contribution in [-0.4, -0.2) is 10.1 Å². The van der Waals surface area contributed by atoms with Crippen molar-refractivity contribution in [2.24, 2.45) is 0 Å². The predicted molar refractivity (Wildman–Crippen MR) is 56.0 cm³/mol. The molecule has 0 saturated heterocycles. The Morgan fingerprint density at radius 1 is 1.36 bits per heavy atom. The van der Waals surface area contributed by atoms with Gasteiger partial charge in [-0.25, -0.2) is 4.98 Å². The zero-order valence-corrected chi connectivity index (χ0v) is 9.08. The minimum atomic E-state index is 0.185. The summed E-state index contributed by atoms with van der Waals surface area (Å²) in [5, 5.41) is 9.36. The molecule has 2 aromatic rings. The van der Waals surface area contributed by atoms with Crippen LogP contribution >= 0.6 is 15.9 Å². The highest BCUT2D eigenvalue weighted by atomic mass is 79.9. The number of hydrogen-bond donors (Lipinski definition) is 1. The molecule has 1 aromatic heterocycles. The van der Waals surface area contributed by atoms with Crippen molar-refractivity contribution in [1.29, 1.82) is 0 Å². The van der Waals surface area contributed by atoms with Crippen LogP contribution in [0.2, 0.25) is 0 Å². The summed E-state index contributed by atoms with van der Waals surface area (Å²) in [4.78, 5) is 4.07. The van der Waals surface area contributed by atoms with E-state index in [4.69, 9.17) is 4.42 Å². The fraction of sp³-hybridized carbons (Fsp3) is 0.100. The SMILES string of the molecule is Cc1cnc(-c2cc(O)cc(Br)c2)o1. The number of hydrogen-bond acceptors (Lipinski definition) is 3. The average molecular weight is 254 g/mol. The summed E-state index contributed by atoms with van der Waals surface area (Å²) < 4.78 is 6.13. The van der Waals surface area contributed by atoms with Crippen LogP contribution in [0.25, 0.3) is 11.5 Å². The molecule has 0 aliphatic heterocycles. The number of rotatable bonds is 1. The molecule has 3 nitrogen and oxygen atoms in total. The van der Waals surface area contributed by atoms with Gasteiger partial charge in [-0.1, -0.05) is 15.9 Å². The fourth-order valence-corrected chi connectivity index (χ4v) is 1.67. The van der Waals surface area contributed by atoms with E-state index in [1.807, 2.05) is 13.0 Å². The lowest BCUT2D eigenvalue weighted by Gasteiger charge is -1.98. The molecule has 4 heteroatoms. The summed E-state index contributed by atoms with van der Waals surface area (Å²) in [5.41, 5.74) is 0.755. The second-order valence-corrected chi connectivity index (χ2v) is 3.89. The van der Waals surface area contributed by atoms with Crippen molar-refractivity contribution in [3.63, 3.8) is 0 Å². The number of aryl methyl sites for hydroxylation is 1. The lowest BCUT2D eigenvalue weighted by molar-refractivity contribution is 0.474. The van der Waals surface area contributed by atoms with Crippen LogP contribution in [0.3, 0.4) is 0 Å². The summed E-state index contributed by atoms with van der Waals surface area (Å²) >= 11 is 3.29. The highest BCUT2D eigenvalue weighted by Crippen LogP contribution is 2.27. The molecule has 0 unspecified atom stereocenters. The van der Waals surface area contributed by atoms with Gasteiger partial charge in [0.15, 0.2) is 0 Å². The van der Waals surface area contributed by atoms with E-state index < -0.39 is 0 Å². The lowest BCUT2D eigenvalue weighted by Crippen LogP contribution is -1.77. The Balaban J connectivity index is 2.51. The Bertz CT molecular complexity index is 445. The fourth-order valence-electron chi connectivity index (χ4n) is 1.19. The Morgan fingerprint density at radius 3 is 2.71 bits per heavy atom. The first-order valence-corrected chi connectivity index (χ1v) is 4.87. The van der Waals surface area contributed by atoms with E-state index in [1.54, 1.807) is 18.3 Å². The molecule has 14 heavy (non-hydrogen) atoms. The Labute approximate surface area is 89.5 Å². The molecule has 0 atom stereocenters. The van der Waals surface area contributed by atoms with Gasteiger partial charge in [-0.15, -0.1) is 0 Å². The minimum Gasteiger partial charge on any atom is -0.508 e. The molecule has 1 aromatic carbocycles. The molecule has 0 radical (unpaired) electrons. The highest BCUT2D eigenvalue weighted by Gasteiger charge is 2.06. The standard InChI is InChI=1S/C10H8BrNO2/c1-6-5-12-10(14-6)7-2-8(11)4-9(13)3-7/h2-5,13H,1H3. The van der Waals surface area contributed by atoms with E-state index in [2.05, 4.69) is 20.9 Å². The average Bonchev–Trinajstić information content (AvgIpc) is 2.50. The number of oxazole rings is 1. The van der Waals surface area contributed by atoms with Gasteiger partial charge in [0.2, 0.25) is 5.89 Å². The third kappa shape index (κ3) is 1.80. The number of benzene rings is 1. The third-order valence-corrected chi connectivity index (χ3v) is 2.21. The molecule has 72 valence electrons. The monoisotopic (exact) mass is 253 g/mol. The maximum Gasteiger partial charge on any atom is 0.226 e. The molecule has 1 N–H and O–H groups in total. The van der Waals surface area contributed by atoms with Gasteiger partial charge in [0, 0.05) is 10.0 Å². The quantitative estimate of drug-likeness (QED) is 0.850. The number of phenols is 1. The van der Waals surface area contributed by atoms with E-state index in [9.17, 15) is 5.11 Å². The van der Waals surface area contributed by atoms with Crippen molar-refractivity contribution in [3.8, 4) is 17.2 Å². The summed E-state index contributed by atoms with van der Waals surface area (Å²) in [6.45, 7) is 1.83. The molecule has 0 aliphatic carbocycles. The van der Waals surface area contributed by atoms with Crippen molar-refractivity contribution < 1.29 is 9.52 Å². The zero-order valence-electron chi connectivity index (χ0n) is 7.49. The smallest absolute Gasteiger partial charge is 0.226 e. The van der Waals surface area contributed by atoms with Crippen molar-refractivity contribution in [1.82, 2.24) is 4.98 Å². The van der Waals surface area contributed by atoms with Crippen LogP contribution in [-0.2, 0) is 0 Å². The third-order valence-electron chi connectivity index (χ3n) is 1.75. The molecule has 0 spiro atoms. The van der Waals surface area contributed by atoms with Crippen molar-refractivity contribution in [2.45, 2.75) is 6.92 Å². The minimum absolute atomic E-state index is 0.185. The first-order valence-electron chi connectivity index (χ1n) is 4.07. The highest BCUT2D eigenvalue weighted by molar-refractivity contribution is 9.10. The van der Waals surface area contributed by atoms with E-state index in [1.165, 1.54) is 0 Å². The van der Waals surface area contributed by atoms with Gasteiger partial charge in [-0.05, 0) is 25.1 Å². The van der Waals surface area contributed by atoms with Crippen LogP contribution in [0.5, 0.6) is 5.75 Å². The van der Waals surface area contributed by atoms with Gasteiger partial charge in [-0.3, -0.25) is 0 Å². The van der Waals surface area contributed by atoms with Crippen molar-refractivity contribution in [3.05, 3.63) is 34.6 Å². The molecular formula is C10H8BrNO2. The molecule has 0 fully saturated rings. The van der Waals surface area contributed by atoms with Gasteiger partial charge >= 0.3 is 0 Å².